The third-order valence-electron chi connectivity index (χ3n) is 9.87. The smallest absolute Gasteiger partial charge is 0.343 e. The second-order valence-electron chi connectivity index (χ2n) is 11.9. The summed E-state index contributed by atoms with van der Waals surface area (Å²) in [6.45, 7) is 8.49. The molecule has 1 spiro atoms. The molecule has 4 saturated heterocycles. The summed E-state index contributed by atoms with van der Waals surface area (Å²) in [5, 5.41) is 0. The number of Topliss-reactive ketones (excluding diaryl/α,β-unsaturated/α-hetero) is 1. The maximum atomic E-state index is 14.3. The fraction of sp³-hybridized carbons (Fsp3) is 0.630. The third kappa shape index (κ3) is 2.46. The van der Waals surface area contributed by atoms with Crippen molar-refractivity contribution in [2.24, 2.45) is 22.7 Å². The van der Waals surface area contributed by atoms with Crippen molar-refractivity contribution in [2.75, 3.05) is 7.11 Å². The van der Waals surface area contributed by atoms with Crippen LogP contribution in [0.3, 0.4) is 0 Å². The molecule has 37 heavy (non-hydrogen) atoms. The van der Waals surface area contributed by atoms with Crippen LogP contribution in [-0.2, 0) is 38.1 Å². The van der Waals surface area contributed by atoms with Gasteiger partial charge in [-0.25, -0.2) is 9.59 Å². The number of methoxy groups -OCH3 is 1. The number of furan rings is 1. The minimum atomic E-state index is -2.12. The molecule has 1 saturated carbocycles. The highest BCUT2D eigenvalue weighted by atomic mass is 16.8. The molecule has 10 heteroatoms. The molecule has 0 amide bonds. The van der Waals surface area contributed by atoms with Gasteiger partial charge in [0.05, 0.1) is 36.3 Å². The average molecular weight is 515 g/mol. The zero-order valence-corrected chi connectivity index (χ0v) is 21.7. The van der Waals surface area contributed by atoms with E-state index in [0.29, 0.717) is 6.42 Å². The first-order chi connectivity index (χ1) is 17.2. The second-order valence-corrected chi connectivity index (χ2v) is 11.9. The highest BCUT2D eigenvalue weighted by molar-refractivity contribution is 6.06. The van der Waals surface area contributed by atoms with E-state index < -0.39 is 68.9 Å². The molecule has 0 N–H and O–H groups in total. The number of rotatable bonds is 3. The summed E-state index contributed by atoms with van der Waals surface area (Å²) in [5.41, 5.74) is -7.62. The normalized spacial score (nSPS) is 44.9. The number of cyclic esters (lactones) is 1. The molecule has 6 heterocycles. The Kier molecular flexibility index (Phi) is 4.47. The first kappa shape index (κ1) is 24.2. The summed E-state index contributed by atoms with van der Waals surface area (Å²) in [6, 6.07) is 1.52. The van der Waals surface area contributed by atoms with E-state index in [0.717, 1.165) is 0 Å². The van der Waals surface area contributed by atoms with E-state index in [-0.39, 0.29) is 24.2 Å². The summed E-state index contributed by atoms with van der Waals surface area (Å²) in [6.07, 6.45) is 4.52. The van der Waals surface area contributed by atoms with Gasteiger partial charge in [-0.05, 0) is 46.6 Å². The van der Waals surface area contributed by atoms with Crippen LogP contribution in [0.2, 0.25) is 0 Å². The molecule has 198 valence electrons. The van der Waals surface area contributed by atoms with Gasteiger partial charge in [-0.3, -0.25) is 9.59 Å². The minimum absolute atomic E-state index is 0.0562. The summed E-state index contributed by atoms with van der Waals surface area (Å²) in [7, 11) is 1.21. The first-order valence-corrected chi connectivity index (χ1v) is 12.4. The van der Waals surface area contributed by atoms with Gasteiger partial charge in [0.2, 0.25) is 11.4 Å². The number of carbonyl (C=O) groups excluding carboxylic acids is 4. The largest absolute Gasteiger partial charge is 0.486 e. The fourth-order valence-corrected chi connectivity index (χ4v) is 8.03. The summed E-state index contributed by atoms with van der Waals surface area (Å²) >= 11 is 0. The molecule has 1 aromatic rings. The Hall–Kier alpha value is -3.14. The minimum Gasteiger partial charge on any atom is -0.486 e. The van der Waals surface area contributed by atoms with Crippen molar-refractivity contribution < 1.29 is 47.3 Å². The average Bonchev–Trinajstić information content (AvgIpc) is 3.49. The zero-order valence-electron chi connectivity index (χ0n) is 21.7. The van der Waals surface area contributed by atoms with E-state index in [1.54, 1.807) is 34.6 Å². The lowest BCUT2D eigenvalue weighted by Crippen LogP contribution is -2.79. The Morgan fingerprint density at radius 1 is 1.05 bits per heavy atom. The van der Waals surface area contributed by atoms with Gasteiger partial charge in [-0.2, -0.15) is 0 Å². The molecular formula is C27H30O10. The van der Waals surface area contributed by atoms with Crippen LogP contribution in [0.1, 0.15) is 64.2 Å². The topological polar surface area (TPSA) is 128 Å². The molecule has 6 aliphatic rings. The molecule has 5 aliphatic heterocycles. The van der Waals surface area contributed by atoms with Crippen LogP contribution in [0.5, 0.6) is 0 Å². The SMILES string of the molecule is COC(=O)[C@@]12O[C@]3(C)OC(=O)[C@@](C)([C@@H]3CC[C@@]1(C)C(=O)c1ccoc1)[C@]21C[C@@H]2C(=CC(=O)OC2(C)C)O1. The monoisotopic (exact) mass is 514 g/mol. The Morgan fingerprint density at radius 3 is 2.43 bits per heavy atom. The highest BCUT2D eigenvalue weighted by Gasteiger charge is 2.91. The van der Waals surface area contributed by atoms with Crippen LogP contribution in [0.25, 0.3) is 0 Å². The lowest BCUT2D eigenvalue weighted by molar-refractivity contribution is -0.353. The Labute approximate surface area is 213 Å². The van der Waals surface area contributed by atoms with Crippen molar-refractivity contribution in [3.63, 3.8) is 0 Å². The molecule has 7 rings (SSSR count). The molecule has 10 nitrogen and oxygen atoms in total. The first-order valence-electron chi connectivity index (χ1n) is 12.4. The maximum absolute atomic E-state index is 14.3. The van der Waals surface area contributed by atoms with Crippen LogP contribution in [0.4, 0.5) is 0 Å². The van der Waals surface area contributed by atoms with Gasteiger partial charge >= 0.3 is 17.9 Å². The predicted molar refractivity (Wildman–Crippen MR) is 122 cm³/mol. The van der Waals surface area contributed by atoms with E-state index in [2.05, 4.69) is 0 Å². The summed E-state index contributed by atoms with van der Waals surface area (Å²) in [4.78, 5) is 54.8. The van der Waals surface area contributed by atoms with Gasteiger partial charge in [-0.1, -0.05) is 0 Å². The van der Waals surface area contributed by atoms with Crippen LogP contribution < -0.4 is 0 Å². The number of hydrogen-bond donors (Lipinski definition) is 0. The van der Waals surface area contributed by atoms with Crippen molar-refractivity contribution in [2.45, 2.75) is 76.5 Å². The molecule has 0 aromatic carbocycles. The van der Waals surface area contributed by atoms with Crippen molar-refractivity contribution >= 4 is 23.7 Å². The summed E-state index contributed by atoms with van der Waals surface area (Å²) in [5.74, 6) is -4.74. The van der Waals surface area contributed by atoms with Gasteiger partial charge in [0.25, 0.3) is 0 Å². The molecular weight excluding hydrogens is 484 g/mol. The maximum Gasteiger partial charge on any atom is 0.343 e. The van der Waals surface area contributed by atoms with E-state index in [1.807, 2.05) is 0 Å². The fourth-order valence-electron chi connectivity index (χ4n) is 8.03. The number of fused-ring (bicyclic) bond motifs is 3. The summed E-state index contributed by atoms with van der Waals surface area (Å²) < 4.78 is 35.5. The van der Waals surface area contributed by atoms with E-state index in [9.17, 15) is 19.2 Å². The zero-order chi connectivity index (χ0) is 26.8. The van der Waals surface area contributed by atoms with Crippen LogP contribution in [0, 0.1) is 22.7 Å². The lowest BCUT2D eigenvalue weighted by Gasteiger charge is -2.60. The molecule has 1 aromatic heterocycles. The molecule has 1 aliphatic carbocycles. The number of ketones is 1. The molecule has 0 radical (unpaired) electrons. The molecule has 4 bridgehead atoms. The van der Waals surface area contributed by atoms with Gasteiger partial charge in [0, 0.05) is 19.3 Å². The second kappa shape index (κ2) is 6.83. The number of carbonyl (C=O) groups is 4. The third-order valence-corrected chi connectivity index (χ3v) is 9.87. The van der Waals surface area contributed by atoms with Gasteiger partial charge in [-0.15, -0.1) is 0 Å². The number of ether oxygens (including phenoxy) is 5. The molecule has 7 atom stereocenters. The molecule has 5 fully saturated rings. The number of esters is 3. The van der Waals surface area contributed by atoms with Gasteiger partial charge in [0.1, 0.15) is 23.0 Å². The van der Waals surface area contributed by atoms with Crippen molar-refractivity contribution in [3.8, 4) is 0 Å². The van der Waals surface area contributed by atoms with Crippen molar-refractivity contribution in [1.82, 2.24) is 0 Å². The van der Waals surface area contributed by atoms with Crippen LogP contribution in [-0.4, -0.2) is 53.4 Å². The van der Waals surface area contributed by atoms with E-state index in [1.165, 1.54) is 31.8 Å². The van der Waals surface area contributed by atoms with Crippen LogP contribution in [0.15, 0.2) is 34.8 Å². The van der Waals surface area contributed by atoms with Gasteiger partial charge in [0.15, 0.2) is 11.4 Å². The Bertz CT molecular complexity index is 1280. The van der Waals surface area contributed by atoms with Crippen LogP contribution >= 0.6 is 0 Å². The number of hydrogen-bond acceptors (Lipinski definition) is 10. The molecule has 0 unspecified atom stereocenters. The van der Waals surface area contributed by atoms with Crippen molar-refractivity contribution in [3.05, 3.63) is 36.0 Å². The standard InChI is InChI=1S/C27H30O10/c1-22(2)15-12-26(34-16(15)11-18(28)35-22)24(4)17-7-9-23(3,19(29)14-8-10-33-13-14)27(26,21(31)32-6)37-25(17,5)36-20(24)30/h8,10-11,13,15,17H,7,9,12H2,1-6H3/t15-,17+,23+,24-,25+,26-,27-/m1/s1. The van der Waals surface area contributed by atoms with Gasteiger partial charge < -0.3 is 28.1 Å². The van der Waals surface area contributed by atoms with Crippen molar-refractivity contribution in [1.29, 1.82) is 0 Å². The Morgan fingerprint density at radius 2 is 1.78 bits per heavy atom. The predicted octanol–water partition coefficient (Wildman–Crippen LogP) is 3.09. The Balaban J connectivity index is 1.70. The quantitative estimate of drug-likeness (QED) is 0.337. The van der Waals surface area contributed by atoms with E-state index in [4.69, 9.17) is 28.1 Å². The van der Waals surface area contributed by atoms with E-state index >= 15 is 0 Å². The highest BCUT2D eigenvalue weighted by Crippen LogP contribution is 2.75. The lowest BCUT2D eigenvalue weighted by atomic mass is 9.50.